The van der Waals surface area contributed by atoms with E-state index in [1.807, 2.05) is 11.8 Å². The first-order chi connectivity index (χ1) is 5.92. The van der Waals surface area contributed by atoms with E-state index in [2.05, 4.69) is 31.2 Å². The summed E-state index contributed by atoms with van der Waals surface area (Å²) in [4.78, 5) is 1.51. The van der Waals surface area contributed by atoms with Crippen LogP contribution in [0.3, 0.4) is 0 Å². The summed E-state index contributed by atoms with van der Waals surface area (Å²) < 4.78 is 0. The molecular weight excluding hydrogens is 164 g/mol. The third-order valence-corrected chi connectivity index (χ3v) is 3.70. The SMILES string of the molecule is CC[C@@H]1CCSc2ccccc21. The van der Waals surface area contributed by atoms with Gasteiger partial charge in [0.05, 0.1) is 0 Å². The van der Waals surface area contributed by atoms with Crippen LogP contribution in [0.1, 0.15) is 31.2 Å². The van der Waals surface area contributed by atoms with Gasteiger partial charge in [-0.3, -0.25) is 0 Å². The van der Waals surface area contributed by atoms with Crippen molar-refractivity contribution in [3.63, 3.8) is 0 Å². The van der Waals surface area contributed by atoms with Crippen LogP contribution in [-0.4, -0.2) is 5.75 Å². The van der Waals surface area contributed by atoms with Crippen molar-refractivity contribution in [1.29, 1.82) is 0 Å². The highest BCUT2D eigenvalue weighted by atomic mass is 32.2. The molecule has 0 saturated heterocycles. The van der Waals surface area contributed by atoms with Gasteiger partial charge >= 0.3 is 0 Å². The largest absolute Gasteiger partial charge is 0.126 e. The standard InChI is InChI=1S/C11H14S/c1-2-9-7-8-12-11-6-4-3-5-10(9)11/h3-6,9H,2,7-8H2,1H3/t9-/m1/s1. The second-order valence-corrected chi connectivity index (χ2v) is 4.42. The highest BCUT2D eigenvalue weighted by Gasteiger charge is 2.17. The van der Waals surface area contributed by atoms with Crippen molar-refractivity contribution in [2.24, 2.45) is 0 Å². The van der Waals surface area contributed by atoms with Crippen LogP contribution in [0.25, 0.3) is 0 Å². The predicted molar refractivity (Wildman–Crippen MR) is 54.8 cm³/mol. The van der Waals surface area contributed by atoms with Crippen molar-refractivity contribution in [3.05, 3.63) is 29.8 Å². The Hall–Kier alpha value is -0.430. The maximum absolute atomic E-state index is 2.29. The molecule has 0 nitrogen and oxygen atoms in total. The average Bonchev–Trinajstić information content (AvgIpc) is 2.17. The van der Waals surface area contributed by atoms with E-state index in [4.69, 9.17) is 0 Å². The van der Waals surface area contributed by atoms with Gasteiger partial charge in [0.15, 0.2) is 0 Å². The lowest BCUT2D eigenvalue weighted by atomic mass is 9.94. The minimum atomic E-state index is 0.822. The molecule has 0 N–H and O–H groups in total. The smallest absolute Gasteiger partial charge is 0.0107 e. The molecule has 0 fully saturated rings. The lowest BCUT2D eigenvalue weighted by Crippen LogP contribution is -2.05. The number of hydrogen-bond donors (Lipinski definition) is 0. The minimum Gasteiger partial charge on any atom is -0.126 e. The number of fused-ring (bicyclic) bond motifs is 1. The lowest BCUT2D eigenvalue weighted by molar-refractivity contribution is 0.627. The fraction of sp³-hybridized carbons (Fsp3) is 0.455. The van der Waals surface area contributed by atoms with E-state index >= 15 is 0 Å². The Labute approximate surface area is 78.4 Å². The number of thioether (sulfide) groups is 1. The second kappa shape index (κ2) is 3.53. The van der Waals surface area contributed by atoms with Crippen molar-refractivity contribution in [3.8, 4) is 0 Å². The molecule has 1 aliphatic rings. The van der Waals surface area contributed by atoms with Gasteiger partial charge in [-0.05, 0) is 36.1 Å². The Bertz CT molecular complexity index is 267. The molecule has 0 amide bonds. The van der Waals surface area contributed by atoms with Crippen LogP contribution < -0.4 is 0 Å². The third kappa shape index (κ3) is 1.38. The second-order valence-electron chi connectivity index (χ2n) is 3.28. The van der Waals surface area contributed by atoms with Gasteiger partial charge in [-0.1, -0.05) is 25.1 Å². The zero-order valence-corrected chi connectivity index (χ0v) is 8.23. The van der Waals surface area contributed by atoms with Crippen molar-refractivity contribution in [2.45, 2.75) is 30.6 Å². The van der Waals surface area contributed by atoms with Crippen molar-refractivity contribution in [2.75, 3.05) is 5.75 Å². The topological polar surface area (TPSA) is 0 Å². The Morgan fingerprint density at radius 3 is 3.08 bits per heavy atom. The Balaban J connectivity index is 2.37. The summed E-state index contributed by atoms with van der Waals surface area (Å²) in [5, 5.41) is 0. The molecule has 0 bridgehead atoms. The maximum Gasteiger partial charge on any atom is 0.0107 e. The van der Waals surface area contributed by atoms with Crippen LogP contribution >= 0.6 is 11.8 Å². The molecule has 0 spiro atoms. The van der Waals surface area contributed by atoms with Gasteiger partial charge < -0.3 is 0 Å². The molecule has 0 aliphatic carbocycles. The molecule has 64 valence electrons. The van der Waals surface area contributed by atoms with Crippen LogP contribution in [0.4, 0.5) is 0 Å². The zero-order valence-electron chi connectivity index (χ0n) is 7.42. The van der Waals surface area contributed by atoms with Gasteiger partial charge in [-0.2, -0.15) is 0 Å². The molecule has 0 radical (unpaired) electrons. The van der Waals surface area contributed by atoms with Crippen molar-refractivity contribution < 1.29 is 0 Å². The summed E-state index contributed by atoms with van der Waals surface area (Å²) in [5.41, 5.74) is 1.58. The molecule has 1 aromatic rings. The first-order valence-corrected chi connectivity index (χ1v) is 5.62. The summed E-state index contributed by atoms with van der Waals surface area (Å²) >= 11 is 2.01. The molecule has 1 atom stereocenters. The molecule has 1 heteroatoms. The van der Waals surface area contributed by atoms with Gasteiger partial charge in [0.2, 0.25) is 0 Å². The van der Waals surface area contributed by atoms with Gasteiger partial charge in [0.25, 0.3) is 0 Å². The monoisotopic (exact) mass is 178 g/mol. The highest BCUT2D eigenvalue weighted by molar-refractivity contribution is 7.99. The first-order valence-electron chi connectivity index (χ1n) is 4.63. The Kier molecular flexibility index (Phi) is 2.40. The quantitative estimate of drug-likeness (QED) is 0.632. The third-order valence-electron chi connectivity index (χ3n) is 2.58. The van der Waals surface area contributed by atoms with Gasteiger partial charge in [0.1, 0.15) is 0 Å². The van der Waals surface area contributed by atoms with E-state index in [1.165, 1.54) is 23.5 Å². The van der Waals surface area contributed by atoms with Crippen LogP contribution in [0, 0.1) is 0 Å². The zero-order chi connectivity index (χ0) is 8.39. The molecule has 2 rings (SSSR count). The number of hydrogen-bond acceptors (Lipinski definition) is 1. The van der Waals surface area contributed by atoms with Crippen LogP contribution in [0.2, 0.25) is 0 Å². The average molecular weight is 178 g/mol. The van der Waals surface area contributed by atoms with E-state index in [1.54, 1.807) is 5.56 Å². The molecular formula is C11H14S. The summed E-state index contributed by atoms with van der Waals surface area (Å²) in [7, 11) is 0. The lowest BCUT2D eigenvalue weighted by Gasteiger charge is -2.23. The Morgan fingerprint density at radius 2 is 2.25 bits per heavy atom. The van der Waals surface area contributed by atoms with Crippen LogP contribution in [-0.2, 0) is 0 Å². The van der Waals surface area contributed by atoms with Crippen molar-refractivity contribution >= 4 is 11.8 Å². The summed E-state index contributed by atoms with van der Waals surface area (Å²) in [6.07, 6.45) is 2.65. The van der Waals surface area contributed by atoms with Gasteiger partial charge in [-0.25, -0.2) is 0 Å². The summed E-state index contributed by atoms with van der Waals surface area (Å²) in [5.74, 6) is 2.12. The molecule has 1 aliphatic heterocycles. The summed E-state index contributed by atoms with van der Waals surface area (Å²) in [6, 6.07) is 8.84. The normalized spacial score (nSPS) is 21.9. The number of benzene rings is 1. The van der Waals surface area contributed by atoms with Gasteiger partial charge in [-0.15, -0.1) is 11.8 Å². The molecule has 1 aromatic carbocycles. The van der Waals surface area contributed by atoms with Crippen molar-refractivity contribution in [1.82, 2.24) is 0 Å². The fourth-order valence-electron chi connectivity index (χ4n) is 1.84. The van der Waals surface area contributed by atoms with E-state index in [0.717, 1.165) is 5.92 Å². The predicted octanol–water partition coefficient (Wildman–Crippen LogP) is 3.68. The maximum atomic E-state index is 2.29. The van der Waals surface area contributed by atoms with Crippen LogP contribution in [0.5, 0.6) is 0 Å². The first kappa shape index (κ1) is 8.18. The molecule has 0 saturated carbocycles. The van der Waals surface area contributed by atoms with E-state index in [0.29, 0.717) is 0 Å². The molecule has 1 heterocycles. The highest BCUT2D eigenvalue weighted by Crippen LogP contribution is 2.38. The van der Waals surface area contributed by atoms with E-state index < -0.39 is 0 Å². The fourth-order valence-corrected chi connectivity index (χ4v) is 3.04. The summed E-state index contributed by atoms with van der Waals surface area (Å²) in [6.45, 7) is 2.29. The van der Waals surface area contributed by atoms with Crippen LogP contribution in [0.15, 0.2) is 29.2 Å². The number of rotatable bonds is 1. The van der Waals surface area contributed by atoms with E-state index in [9.17, 15) is 0 Å². The molecule has 0 unspecified atom stereocenters. The van der Waals surface area contributed by atoms with E-state index in [-0.39, 0.29) is 0 Å². The molecule has 0 aromatic heterocycles. The molecule has 12 heavy (non-hydrogen) atoms. The minimum absolute atomic E-state index is 0.822. The Morgan fingerprint density at radius 1 is 1.42 bits per heavy atom. The van der Waals surface area contributed by atoms with Gasteiger partial charge in [0, 0.05) is 4.90 Å².